The summed E-state index contributed by atoms with van der Waals surface area (Å²) in [5, 5.41) is 13.7. The molecule has 1 aromatic carbocycles. The Bertz CT molecular complexity index is 1220. The van der Waals surface area contributed by atoms with Gasteiger partial charge < -0.3 is 9.72 Å². The molecular weight excluding hydrogens is 432 g/mol. The molecule has 182 valence electrons. The molecule has 3 heterocycles. The molecule has 0 bridgehead atoms. The van der Waals surface area contributed by atoms with Crippen LogP contribution >= 0.6 is 0 Å². The van der Waals surface area contributed by atoms with Gasteiger partial charge in [0.1, 0.15) is 6.04 Å². The number of esters is 1. The number of tetrazole rings is 1. The second-order valence-electron chi connectivity index (χ2n) is 9.72. The lowest BCUT2D eigenvalue weighted by atomic mass is 9.93. The van der Waals surface area contributed by atoms with Gasteiger partial charge in [0, 0.05) is 24.2 Å². The van der Waals surface area contributed by atoms with Crippen molar-refractivity contribution in [2.75, 3.05) is 19.7 Å². The van der Waals surface area contributed by atoms with E-state index in [1.54, 1.807) is 0 Å². The molecule has 3 aromatic rings. The summed E-state index contributed by atoms with van der Waals surface area (Å²) in [6.45, 7) is 11.8. The average molecular weight is 467 g/mol. The zero-order chi connectivity index (χ0) is 24.5. The molecule has 0 spiro atoms. The van der Waals surface area contributed by atoms with Gasteiger partial charge in [-0.05, 0) is 81.0 Å². The van der Waals surface area contributed by atoms with Gasteiger partial charge in [-0.15, -0.1) is 5.10 Å². The van der Waals surface area contributed by atoms with Gasteiger partial charge >= 0.3 is 5.97 Å². The number of H-pyrrole nitrogens is 1. The van der Waals surface area contributed by atoms with Crippen LogP contribution in [-0.4, -0.2) is 55.8 Å². The predicted octanol–water partition coefficient (Wildman–Crippen LogP) is 3.33. The van der Waals surface area contributed by atoms with Gasteiger partial charge in [0.2, 0.25) is 0 Å². The van der Waals surface area contributed by atoms with Crippen molar-refractivity contribution < 1.29 is 9.53 Å². The Morgan fingerprint density at radius 1 is 1.24 bits per heavy atom. The number of fused-ring (bicyclic) bond motifs is 1. The Hall–Kier alpha value is -3.07. The Kier molecular flexibility index (Phi) is 6.84. The summed E-state index contributed by atoms with van der Waals surface area (Å²) in [7, 11) is 0. The minimum absolute atomic E-state index is 0.127. The number of likely N-dealkylation sites (tertiary alicyclic amines) is 1. The number of aromatic nitrogens is 5. The number of nitrogens with zero attached hydrogens (tertiary/aromatic N) is 5. The zero-order valence-corrected chi connectivity index (χ0v) is 20.7. The summed E-state index contributed by atoms with van der Waals surface area (Å²) >= 11 is 0. The summed E-state index contributed by atoms with van der Waals surface area (Å²) in [4.78, 5) is 30.9. The number of piperidine rings is 1. The molecule has 0 amide bonds. The molecule has 2 aromatic heterocycles. The first-order valence-electron chi connectivity index (χ1n) is 12.1. The highest BCUT2D eigenvalue weighted by Gasteiger charge is 2.37. The van der Waals surface area contributed by atoms with Gasteiger partial charge in [0.05, 0.1) is 18.1 Å². The molecule has 1 atom stereocenters. The van der Waals surface area contributed by atoms with Crippen molar-refractivity contribution in [3.05, 3.63) is 51.6 Å². The molecule has 0 saturated carbocycles. The van der Waals surface area contributed by atoms with E-state index in [2.05, 4.69) is 52.2 Å². The first-order chi connectivity index (χ1) is 16.2. The largest absolute Gasteiger partial charge is 0.466 e. The van der Waals surface area contributed by atoms with E-state index in [1.807, 2.05) is 36.7 Å². The number of nitrogens with one attached hydrogen (secondary N) is 1. The van der Waals surface area contributed by atoms with E-state index in [0.717, 1.165) is 22.9 Å². The Balaban J connectivity index is 1.79. The summed E-state index contributed by atoms with van der Waals surface area (Å²) in [6, 6.07) is 7.51. The van der Waals surface area contributed by atoms with Crippen LogP contribution in [-0.2, 0) is 15.1 Å². The molecule has 9 nitrogen and oxygen atoms in total. The SMILES string of the molecule is CCOC(=O)C1CCN([C@H](c2cc3cc(C)ccc3[nH]c2=O)c2nnnn2C(C)(C)CC)CC1. The maximum absolute atomic E-state index is 13.4. The molecule has 0 radical (unpaired) electrons. The smallest absolute Gasteiger partial charge is 0.309 e. The lowest BCUT2D eigenvalue weighted by molar-refractivity contribution is -0.149. The van der Waals surface area contributed by atoms with Crippen LogP contribution in [0.2, 0.25) is 0 Å². The number of benzene rings is 1. The van der Waals surface area contributed by atoms with E-state index in [-0.39, 0.29) is 23.0 Å². The van der Waals surface area contributed by atoms with Gasteiger partial charge in [-0.25, -0.2) is 4.68 Å². The van der Waals surface area contributed by atoms with E-state index < -0.39 is 6.04 Å². The fraction of sp³-hybridized carbons (Fsp3) is 0.560. The average Bonchev–Trinajstić information content (AvgIpc) is 3.31. The van der Waals surface area contributed by atoms with Crippen molar-refractivity contribution in [3.8, 4) is 0 Å². The van der Waals surface area contributed by atoms with Crippen molar-refractivity contribution in [1.29, 1.82) is 0 Å². The standard InChI is InChI=1S/C25H34N6O3/c1-6-25(4,5)31-22(27-28-29-31)21(30-12-10-17(11-13-30)24(33)34-7-2)19-15-18-14-16(3)8-9-20(18)26-23(19)32/h8-9,14-15,17,21H,6-7,10-13H2,1-5H3,(H,26,32)/t21-/m1/s1. The van der Waals surface area contributed by atoms with Gasteiger partial charge in [0.15, 0.2) is 5.82 Å². The van der Waals surface area contributed by atoms with Crippen LogP contribution in [0.15, 0.2) is 29.1 Å². The number of carbonyl (C=O) groups excluding carboxylic acids is 1. The number of aryl methyl sites for hydroxylation is 1. The third kappa shape index (κ3) is 4.61. The predicted molar refractivity (Wildman–Crippen MR) is 130 cm³/mol. The lowest BCUT2D eigenvalue weighted by Crippen LogP contribution is -2.43. The van der Waals surface area contributed by atoms with Gasteiger partial charge in [-0.3, -0.25) is 14.5 Å². The maximum Gasteiger partial charge on any atom is 0.309 e. The fourth-order valence-electron chi connectivity index (χ4n) is 4.64. The van der Waals surface area contributed by atoms with Crippen LogP contribution in [0.1, 0.15) is 70.0 Å². The Morgan fingerprint density at radius 2 is 1.97 bits per heavy atom. The zero-order valence-electron chi connectivity index (χ0n) is 20.7. The third-order valence-electron chi connectivity index (χ3n) is 7.01. The van der Waals surface area contributed by atoms with Gasteiger partial charge in [0.25, 0.3) is 5.56 Å². The van der Waals surface area contributed by atoms with E-state index >= 15 is 0 Å². The van der Waals surface area contributed by atoms with E-state index in [4.69, 9.17) is 4.74 Å². The molecule has 9 heteroatoms. The Labute approximate surface area is 199 Å². The number of ether oxygens (including phenoxy) is 1. The first kappa shape index (κ1) is 24.1. The normalized spacial score (nSPS) is 16.6. The van der Waals surface area contributed by atoms with Gasteiger partial charge in [-0.1, -0.05) is 18.6 Å². The molecule has 0 aliphatic carbocycles. The quantitative estimate of drug-likeness (QED) is 0.532. The van der Waals surface area contributed by atoms with Crippen molar-refractivity contribution in [1.82, 2.24) is 30.1 Å². The number of pyridine rings is 1. The summed E-state index contributed by atoms with van der Waals surface area (Å²) < 4.78 is 7.08. The highest BCUT2D eigenvalue weighted by Crippen LogP contribution is 2.33. The minimum Gasteiger partial charge on any atom is -0.466 e. The third-order valence-corrected chi connectivity index (χ3v) is 7.01. The highest BCUT2D eigenvalue weighted by molar-refractivity contribution is 5.79. The first-order valence-corrected chi connectivity index (χ1v) is 12.1. The number of aromatic amines is 1. The molecule has 34 heavy (non-hydrogen) atoms. The molecular formula is C25H34N6O3. The monoisotopic (exact) mass is 466 g/mol. The minimum atomic E-state index is -0.433. The van der Waals surface area contributed by atoms with E-state index in [9.17, 15) is 9.59 Å². The Morgan fingerprint density at radius 3 is 2.65 bits per heavy atom. The number of hydrogen-bond donors (Lipinski definition) is 1. The topological polar surface area (TPSA) is 106 Å². The second kappa shape index (κ2) is 9.66. The lowest BCUT2D eigenvalue weighted by Gasteiger charge is -2.37. The van der Waals surface area contributed by atoms with Crippen molar-refractivity contribution >= 4 is 16.9 Å². The van der Waals surface area contributed by atoms with Crippen LogP contribution in [0.25, 0.3) is 10.9 Å². The van der Waals surface area contributed by atoms with Crippen molar-refractivity contribution in [2.24, 2.45) is 5.92 Å². The number of hydrogen-bond acceptors (Lipinski definition) is 7. The van der Waals surface area contributed by atoms with Crippen molar-refractivity contribution in [2.45, 2.75) is 65.5 Å². The molecule has 1 aliphatic rings. The van der Waals surface area contributed by atoms with Crippen LogP contribution in [0.3, 0.4) is 0 Å². The van der Waals surface area contributed by atoms with Crippen LogP contribution < -0.4 is 5.56 Å². The maximum atomic E-state index is 13.4. The highest BCUT2D eigenvalue weighted by atomic mass is 16.5. The molecule has 1 N–H and O–H groups in total. The second-order valence-corrected chi connectivity index (χ2v) is 9.72. The van der Waals surface area contributed by atoms with Crippen LogP contribution in [0, 0.1) is 12.8 Å². The molecule has 1 aliphatic heterocycles. The van der Waals surface area contributed by atoms with Gasteiger partial charge in [-0.2, -0.15) is 0 Å². The molecule has 1 saturated heterocycles. The summed E-state index contributed by atoms with van der Waals surface area (Å²) in [5.41, 5.74) is 2.05. The number of carbonyl (C=O) groups is 1. The number of rotatable bonds is 7. The van der Waals surface area contributed by atoms with Crippen LogP contribution in [0.5, 0.6) is 0 Å². The van der Waals surface area contributed by atoms with Crippen molar-refractivity contribution in [3.63, 3.8) is 0 Å². The van der Waals surface area contributed by atoms with E-state index in [1.165, 1.54) is 0 Å². The van der Waals surface area contributed by atoms with E-state index in [0.29, 0.717) is 43.9 Å². The molecule has 0 unspecified atom stereocenters. The summed E-state index contributed by atoms with van der Waals surface area (Å²) in [5.74, 6) is 0.367. The molecule has 4 rings (SSSR count). The fourth-order valence-corrected chi connectivity index (χ4v) is 4.64. The molecule has 1 fully saturated rings. The summed E-state index contributed by atoms with van der Waals surface area (Å²) in [6.07, 6.45) is 2.16. The van der Waals surface area contributed by atoms with Crippen LogP contribution in [0.4, 0.5) is 0 Å².